The van der Waals surface area contributed by atoms with Gasteiger partial charge in [0.05, 0.1) is 11.6 Å². The second kappa shape index (κ2) is 6.25. The number of nitrogens with one attached hydrogen (secondary N) is 1. The summed E-state index contributed by atoms with van der Waals surface area (Å²) in [6, 6.07) is 9.41. The van der Waals surface area contributed by atoms with Gasteiger partial charge in [-0.1, -0.05) is 12.1 Å². The standard InChI is InChI=1S/C18H22N4O2/c1-18(16(23)21(2)17(24)20-18)15-4-3-9-22(12-15)11-14-7-5-13(10-19)6-8-14/h5-8,15H,3-4,9,11-12H2,1-2H3,(H,20,24)/t15-,18+/m0/s1. The number of hydrogen-bond donors (Lipinski definition) is 1. The van der Waals surface area contributed by atoms with Gasteiger partial charge in [-0.25, -0.2) is 4.79 Å². The lowest BCUT2D eigenvalue weighted by Gasteiger charge is -2.39. The number of carbonyl (C=O) groups excluding carboxylic acids is 2. The van der Waals surface area contributed by atoms with Crippen LogP contribution in [0.1, 0.15) is 30.9 Å². The Balaban J connectivity index is 1.69. The summed E-state index contributed by atoms with van der Waals surface area (Å²) in [6.45, 7) is 4.38. The molecule has 2 heterocycles. The van der Waals surface area contributed by atoms with Crippen LogP contribution in [0.25, 0.3) is 0 Å². The van der Waals surface area contributed by atoms with Gasteiger partial charge in [-0.15, -0.1) is 0 Å². The van der Waals surface area contributed by atoms with Gasteiger partial charge in [0.1, 0.15) is 5.54 Å². The lowest BCUT2D eigenvalue weighted by atomic mass is 9.80. The van der Waals surface area contributed by atoms with Crippen LogP contribution < -0.4 is 5.32 Å². The van der Waals surface area contributed by atoms with E-state index in [1.54, 1.807) is 0 Å². The van der Waals surface area contributed by atoms with E-state index in [1.807, 2.05) is 31.2 Å². The molecule has 1 aromatic carbocycles. The number of imide groups is 1. The molecule has 0 aliphatic carbocycles. The maximum atomic E-state index is 12.5. The van der Waals surface area contributed by atoms with Crippen molar-refractivity contribution in [2.75, 3.05) is 20.1 Å². The van der Waals surface area contributed by atoms with E-state index in [2.05, 4.69) is 16.3 Å². The minimum absolute atomic E-state index is 0.103. The summed E-state index contributed by atoms with van der Waals surface area (Å²) >= 11 is 0. The lowest BCUT2D eigenvalue weighted by molar-refractivity contribution is -0.132. The third-order valence-corrected chi connectivity index (χ3v) is 5.23. The number of nitrogens with zero attached hydrogens (tertiary/aromatic N) is 3. The molecule has 1 aromatic rings. The van der Waals surface area contributed by atoms with Crippen LogP contribution in [-0.4, -0.2) is 47.4 Å². The fourth-order valence-corrected chi connectivity index (χ4v) is 3.69. The lowest BCUT2D eigenvalue weighted by Crippen LogP contribution is -2.55. The van der Waals surface area contributed by atoms with Crippen molar-refractivity contribution < 1.29 is 9.59 Å². The highest BCUT2D eigenvalue weighted by atomic mass is 16.2. The first-order valence-corrected chi connectivity index (χ1v) is 8.26. The Morgan fingerprint density at radius 2 is 2.04 bits per heavy atom. The highest BCUT2D eigenvalue weighted by Gasteiger charge is 2.51. The molecule has 2 aliphatic heterocycles. The number of nitriles is 1. The highest BCUT2D eigenvalue weighted by Crippen LogP contribution is 2.32. The number of carbonyl (C=O) groups is 2. The highest BCUT2D eigenvalue weighted by molar-refractivity contribution is 6.06. The van der Waals surface area contributed by atoms with Gasteiger partial charge in [-0.05, 0) is 44.0 Å². The maximum absolute atomic E-state index is 12.5. The topological polar surface area (TPSA) is 76.4 Å². The molecular formula is C18H22N4O2. The van der Waals surface area contributed by atoms with E-state index in [0.29, 0.717) is 5.56 Å². The first kappa shape index (κ1) is 16.5. The second-order valence-electron chi connectivity index (χ2n) is 6.88. The zero-order chi connectivity index (χ0) is 17.3. The van der Waals surface area contributed by atoms with Gasteiger partial charge >= 0.3 is 6.03 Å². The van der Waals surface area contributed by atoms with Crippen molar-refractivity contribution in [1.29, 1.82) is 5.26 Å². The molecule has 24 heavy (non-hydrogen) atoms. The minimum Gasteiger partial charge on any atom is -0.323 e. The third kappa shape index (κ3) is 2.87. The first-order chi connectivity index (χ1) is 11.4. The Morgan fingerprint density at radius 3 is 2.62 bits per heavy atom. The van der Waals surface area contributed by atoms with Gasteiger partial charge < -0.3 is 5.32 Å². The fraction of sp³-hybridized carbons (Fsp3) is 0.500. The van der Waals surface area contributed by atoms with Crippen LogP contribution >= 0.6 is 0 Å². The summed E-state index contributed by atoms with van der Waals surface area (Å²) in [5.41, 5.74) is 0.999. The molecule has 0 unspecified atom stereocenters. The van der Waals surface area contributed by atoms with Crippen molar-refractivity contribution in [2.45, 2.75) is 31.8 Å². The molecule has 0 radical (unpaired) electrons. The monoisotopic (exact) mass is 326 g/mol. The molecule has 1 N–H and O–H groups in total. The van der Waals surface area contributed by atoms with Gasteiger partial charge in [-0.3, -0.25) is 14.6 Å². The van der Waals surface area contributed by atoms with E-state index >= 15 is 0 Å². The van der Waals surface area contributed by atoms with E-state index in [4.69, 9.17) is 5.26 Å². The van der Waals surface area contributed by atoms with Crippen LogP contribution in [0, 0.1) is 17.2 Å². The van der Waals surface area contributed by atoms with Crippen LogP contribution in [0.15, 0.2) is 24.3 Å². The Hall–Kier alpha value is -2.39. The first-order valence-electron chi connectivity index (χ1n) is 8.26. The number of piperidine rings is 1. The zero-order valence-electron chi connectivity index (χ0n) is 14.1. The van der Waals surface area contributed by atoms with Crippen LogP contribution in [-0.2, 0) is 11.3 Å². The quantitative estimate of drug-likeness (QED) is 0.858. The Bertz CT molecular complexity index is 694. The van der Waals surface area contributed by atoms with Gasteiger partial charge in [0.15, 0.2) is 0 Å². The average Bonchev–Trinajstić information content (AvgIpc) is 2.80. The molecule has 6 nitrogen and oxygen atoms in total. The van der Waals surface area contributed by atoms with Gasteiger partial charge in [0.25, 0.3) is 5.91 Å². The average molecular weight is 326 g/mol. The molecule has 3 rings (SSSR count). The normalized spacial score (nSPS) is 27.9. The van der Waals surface area contributed by atoms with Crippen LogP contribution in [0.5, 0.6) is 0 Å². The van der Waals surface area contributed by atoms with E-state index in [9.17, 15) is 9.59 Å². The number of amides is 3. The van der Waals surface area contributed by atoms with Crippen LogP contribution in [0.4, 0.5) is 4.79 Å². The van der Waals surface area contributed by atoms with Crippen molar-refractivity contribution in [2.24, 2.45) is 5.92 Å². The van der Waals surface area contributed by atoms with Crippen LogP contribution in [0.2, 0.25) is 0 Å². The molecule has 0 saturated carbocycles. The van der Waals surface area contributed by atoms with Gasteiger partial charge in [0.2, 0.25) is 0 Å². The molecule has 126 valence electrons. The summed E-state index contributed by atoms with van der Waals surface area (Å²) in [5.74, 6) is -0.0382. The summed E-state index contributed by atoms with van der Waals surface area (Å²) < 4.78 is 0. The molecule has 0 aromatic heterocycles. The largest absolute Gasteiger partial charge is 0.324 e. The zero-order valence-corrected chi connectivity index (χ0v) is 14.1. The Labute approximate surface area is 142 Å². The molecule has 2 fully saturated rings. The van der Waals surface area contributed by atoms with Gasteiger partial charge in [-0.2, -0.15) is 5.26 Å². The number of hydrogen-bond acceptors (Lipinski definition) is 4. The predicted octanol–water partition coefficient (Wildman–Crippen LogP) is 1.71. The molecule has 6 heteroatoms. The number of likely N-dealkylation sites (tertiary alicyclic amines) is 1. The van der Waals surface area contributed by atoms with E-state index in [1.165, 1.54) is 11.9 Å². The van der Waals surface area contributed by atoms with Crippen molar-refractivity contribution >= 4 is 11.9 Å². The summed E-state index contributed by atoms with van der Waals surface area (Å²) in [7, 11) is 1.53. The molecule has 2 aliphatic rings. The van der Waals surface area contributed by atoms with Crippen LogP contribution in [0.3, 0.4) is 0 Å². The molecule has 0 spiro atoms. The van der Waals surface area contributed by atoms with Crippen molar-refractivity contribution in [3.05, 3.63) is 35.4 Å². The van der Waals surface area contributed by atoms with Gasteiger partial charge in [0, 0.05) is 26.1 Å². The predicted molar refractivity (Wildman–Crippen MR) is 88.9 cm³/mol. The number of rotatable bonds is 3. The molecule has 2 atom stereocenters. The summed E-state index contributed by atoms with van der Waals surface area (Å²) in [6.07, 6.45) is 1.93. The molecule has 0 bridgehead atoms. The Morgan fingerprint density at radius 1 is 1.33 bits per heavy atom. The Kier molecular flexibility index (Phi) is 4.29. The molecule has 2 saturated heterocycles. The van der Waals surface area contributed by atoms with Crippen molar-refractivity contribution in [1.82, 2.24) is 15.1 Å². The van der Waals surface area contributed by atoms with E-state index < -0.39 is 5.54 Å². The SMILES string of the molecule is CN1C(=O)N[C@](C)([C@H]2CCCN(Cc3ccc(C#N)cc3)C2)C1=O. The summed E-state index contributed by atoms with van der Waals surface area (Å²) in [4.78, 5) is 27.8. The molecule has 3 amide bonds. The van der Waals surface area contributed by atoms with E-state index in [0.717, 1.165) is 38.0 Å². The third-order valence-electron chi connectivity index (χ3n) is 5.23. The van der Waals surface area contributed by atoms with Crippen molar-refractivity contribution in [3.8, 4) is 6.07 Å². The number of likely N-dealkylation sites (N-methyl/N-ethyl adjacent to an activating group) is 1. The maximum Gasteiger partial charge on any atom is 0.324 e. The van der Waals surface area contributed by atoms with Crippen molar-refractivity contribution in [3.63, 3.8) is 0 Å². The minimum atomic E-state index is -0.810. The number of urea groups is 1. The second-order valence-corrected chi connectivity index (χ2v) is 6.88. The fourth-order valence-electron chi connectivity index (χ4n) is 3.69. The molecular weight excluding hydrogens is 304 g/mol. The smallest absolute Gasteiger partial charge is 0.323 e. The summed E-state index contributed by atoms with van der Waals surface area (Å²) in [5, 5.41) is 11.7. The van der Waals surface area contributed by atoms with E-state index in [-0.39, 0.29) is 17.9 Å². The number of benzene rings is 1.